The van der Waals surface area contributed by atoms with Crippen LogP contribution in [0, 0.1) is 10.1 Å². The molecule has 0 spiro atoms. The van der Waals surface area contributed by atoms with Gasteiger partial charge < -0.3 is 15.9 Å². The van der Waals surface area contributed by atoms with E-state index >= 15 is 0 Å². The van der Waals surface area contributed by atoms with E-state index in [2.05, 4.69) is 0 Å². The van der Waals surface area contributed by atoms with Gasteiger partial charge in [-0.2, -0.15) is 0 Å². The Hall–Kier alpha value is -2.15. The highest BCUT2D eigenvalue weighted by Gasteiger charge is 2.18. The number of carbonyl (C=O) groups is 1. The molecule has 7 heteroatoms. The molecule has 0 aromatic heterocycles. The van der Waals surface area contributed by atoms with Gasteiger partial charge in [0.2, 0.25) is 0 Å². The van der Waals surface area contributed by atoms with Gasteiger partial charge >= 0.3 is 5.97 Å². The van der Waals surface area contributed by atoms with E-state index in [1.807, 2.05) is 0 Å². The van der Waals surface area contributed by atoms with Crippen LogP contribution in [0.1, 0.15) is 18.0 Å². The Morgan fingerprint density at radius 3 is 2.69 bits per heavy atom. The summed E-state index contributed by atoms with van der Waals surface area (Å²) in [6.45, 7) is 0. The summed E-state index contributed by atoms with van der Waals surface area (Å²) in [6, 6.07) is 2.34. The number of aliphatic carboxylic acids is 1. The lowest BCUT2D eigenvalue weighted by molar-refractivity contribution is -0.385. The molecule has 1 aromatic rings. The summed E-state index contributed by atoms with van der Waals surface area (Å²) in [6.07, 6.45) is -0.408. The van der Waals surface area contributed by atoms with E-state index in [1.165, 1.54) is 0 Å². The van der Waals surface area contributed by atoms with E-state index in [1.54, 1.807) is 0 Å². The molecule has 0 aliphatic heterocycles. The summed E-state index contributed by atoms with van der Waals surface area (Å²) in [5.74, 6) is -1.39. The molecule has 1 atom stereocenters. The molecule has 0 saturated carbocycles. The molecule has 1 rings (SSSR count). The number of non-ortho nitro benzene ring substituents is 1. The number of nitrogens with two attached hydrogens (primary N) is 1. The first kappa shape index (κ1) is 11.9. The highest BCUT2D eigenvalue weighted by Crippen LogP contribution is 2.28. The highest BCUT2D eigenvalue weighted by molar-refractivity contribution is 5.68. The average Bonchev–Trinajstić information content (AvgIpc) is 2.16. The zero-order chi connectivity index (χ0) is 12.3. The second-order valence-corrected chi connectivity index (χ2v) is 3.20. The number of hydrogen-bond acceptors (Lipinski definition) is 5. The Morgan fingerprint density at radius 2 is 2.19 bits per heavy atom. The van der Waals surface area contributed by atoms with Crippen LogP contribution in [0.3, 0.4) is 0 Å². The number of hydrogen-bond donors (Lipinski definition) is 3. The lowest BCUT2D eigenvalue weighted by Gasteiger charge is -2.10. The van der Waals surface area contributed by atoms with Crippen molar-refractivity contribution in [1.82, 2.24) is 0 Å². The largest absolute Gasteiger partial charge is 0.508 e. The van der Waals surface area contributed by atoms with Gasteiger partial charge in [0.15, 0.2) is 0 Å². The zero-order valence-electron chi connectivity index (χ0n) is 8.16. The van der Waals surface area contributed by atoms with Crippen molar-refractivity contribution < 1.29 is 19.9 Å². The first-order valence-electron chi connectivity index (χ1n) is 4.36. The van der Waals surface area contributed by atoms with Crippen LogP contribution in [0.4, 0.5) is 5.69 Å². The molecule has 0 aliphatic carbocycles. The third-order valence-corrected chi connectivity index (χ3v) is 2.02. The number of benzene rings is 1. The van der Waals surface area contributed by atoms with Crippen molar-refractivity contribution in [3.8, 4) is 5.75 Å². The highest BCUT2D eigenvalue weighted by atomic mass is 16.6. The molecule has 0 heterocycles. The second-order valence-electron chi connectivity index (χ2n) is 3.20. The van der Waals surface area contributed by atoms with Crippen molar-refractivity contribution in [3.63, 3.8) is 0 Å². The number of carboxylic acids is 1. The van der Waals surface area contributed by atoms with Crippen LogP contribution in [0.15, 0.2) is 18.2 Å². The van der Waals surface area contributed by atoms with Crippen molar-refractivity contribution >= 4 is 11.7 Å². The van der Waals surface area contributed by atoms with Crippen LogP contribution in [0.2, 0.25) is 0 Å². The van der Waals surface area contributed by atoms with Crippen molar-refractivity contribution in [2.75, 3.05) is 0 Å². The summed E-state index contributed by atoms with van der Waals surface area (Å²) in [5.41, 5.74) is 5.31. The molecule has 86 valence electrons. The van der Waals surface area contributed by atoms with Gasteiger partial charge in [0.25, 0.3) is 5.69 Å². The van der Waals surface area contributed by atoms with Crippen LogP contribution >= 0.6 is 0 Å². The van der Waals surface area contributed by atoms with Gasteiger partial charge in [0.05, 0.1) is 11.3 Å². The summed E-state index contributed by atoms with van der Waals surface area (Å²) >= 11 is 0. The summed E-state index contributed by atoms with van der Waals surface area (Å²) in [4.78, 5) is 20.3. The van der Waals surface area contributed by atoms with Gasteiger partial charge in [-0.3, -0.25) is 14.9 Å². The van der Waals surface area contributed by atoms with Gasteiger partial charge in [-0.05, 0) is 6.07 Å². The monoisotopic (exact) mass is 226 g/mol. The fourth-order valence-electron chi connectivity index (χ4n) is 1.25. The van der Waals surface area contributed by atoms with Gasteiger partial charge in [-0.1, -0.05) is 0 Å². The van der Waals surface area contributed by atoms with E-state index < -0.39 is 23.4 Å². The third-order valence-electron chi connectivity index (χ3n) is 2.02. The minimum Gasteiger partial charge on any atom is -0.508 e. The fraction of sp³-hybridized carbons (Fsp3) is 0.222. The van der Waals surface area contributed by atoms with Crippen molar-refractivity contribution in [1.29, 1.82) is 0 Å². The molecule has 0 aliphatic rings. The Labute approximate surface area is 90.3 Å². The molecule has 7 nitrogen and oxygen atoms in total. The quantitative estimate of drug-likeness (QED) is 0.514. The minimum absolute atomic E-state index is 0.0524. The number of nitro groups is 1. The summed E-state index contributed by atoms with van der Waals surface area (Å²) < 4.78 is 0. The Kier molecular flexibility index (Phi) is 3.41. The third kappa shape index (κ3) is 2.67. The van der Waals surface area contributed by atoms with Crippen molar-refractivity contribution in [2.24, 2.45) is 5.73 Å². The number of nitro benzene ring substituents is 1. The molecule has 0 fully saturated rings. The van der Waals surface area contributed by atoms with Gasteiger partial charge in [-0.15, -0.1) is 0 Å². The Morgan fingerprint density at radius 1 is 1.56 bits per heavy atom. The smallest absolute Gasteiger partial charge is 0.305 e. The average molecular weight is 226 g/mol. The number of carboxylic acid groups (broad SMARTS) is 1. The predicted octanol–water partition coefficient (Wildman–Crippen LogP) is 0.775. The molecule has 4 N–H and O–H groups in total. The van der Waals surface area contributed by atoms with Crippen LogP contribution in [-0.2, 0) is 4.79 Å². The van der Waals surface area contributed by atoms with E-state index in [-0.39, 0.29) is 17.0 Å². The van der Waals surface area contributed by atoms with Crippen LogP contribution in [-0.4, -0.2) is 21.1 Å². The molecular weight excluding hydrogens is 216 g/mol. The lowest BCUT2D eigenvalue weighted by atomic mass is 10.0. The normalized spacial score (nSPS) is 12.1. The van der Waals surface area contributed by atoms with E-state index in [0.717, 1.165) is 18.2 Å². The van der Waals surface area contributed by atoms with Gasteiger partial charge in [0, 0.05) is 23.7 Å². The standard InChI is InChI=1S/C9H10N2O5/c10-7(4-9(13)14)6-3-5(11(15)16)1-2-8(6)12/h1-3,7,12H,4,10H2,(H,13,14)/t7-/m0/s1. The van der Waals surface area contributed by atoms with Crippen LogP contribution in [0.5, 0.6) is 5.75 Å². The van der Waals surface area contributed by atoms with Crippen LogP contribution in [0.25, 0.3) is 0 Å². The molecule has 0 radical (unpaired) electrons. The first-order valence-corrected chi connectivity index (χ1v) is 4.36. The summed E-state index contributed by atoms with van der Waals surface area (Å²) in [7, 11) is 0. The predicted molar refractivity (Wildman–Crippen MR) is 53.9 cm³/mol. The number of nitrogens with zero attached hydrogens (tertiary/aromatic N) is 1. The van der Waals surface area contributed by atoms with E-state index in [9.17, 15) is 20.0 Å². The number of phenols is 1. The second kappa shape index (κ2) is 4.58. The molecule has 0 bridgehead atoms. The van der Waals surface area contributed by atoms with Crippen molar-refractivity contribution in [3.05, 3.63) is 33.9 Å². The molecule has 1 aromatic carbocycles. The topological polar surface area (TPSA) is 127 Å². The number of phenolic OH excluding ortho intramolecular Hbond substituents is 1. The number of aromatic hydroxyl groups is 1. The molecule has 0 amide bonds. The summed E-state index contributed by atoms with van der Waals surface area (Å²) in [5, 5.41) is 28.4. The maximum atomic E-state index is 10.5. The van der Waals surface area contributed by atoms with Gasteiger partial charge in [0.1, 0.15) is 5.75 Å². The molecule has 16 heavy (non-hydrogen) atoms. The van der Waals surface area contributed by atoms with Crippen molar-refractivity contribution in [2.45, 2.75) is 12.5 Å². The van der Waals surface area contributed by atoms with E-state index in [4.69, 9.17) is 10.8 Å². The zero-order valence-corrected chi connectivity index (χ0v) is 8.16. The molecule has 0 unspecified atom stereocenters. The first-order chi connectivity index (χ1) is 7.41. The Bertz CT molecular complexity index is 432. The fourth-order valence-corrected chi connectivity index (χ4v) is 1.25. The minimum atomic E-state index is -1.14. The molecule has 0 saturated heterocycles. The van der Waals surface area contributed by atoms with E-state index in [0.29, 0.717) is 0 Å². The van der Waals surface area contributed by atoms with Gasteiger partial charge in [-0.25, -0.2) is 0 Å². The number of rotatable bonds is 4. The Balaban J connectivity index is 3.06. The maximum Gasteiger partial charge on any atom is 0.305 e. The lowest BCUT2D eigenvalue weighted by Crippen LogP contribution is -2.15. The maximum absolute atomic E-state index is 10.5. The van der Waals surface area contributed by atoms with Crippen LogP contribution < -0.4 is 5.73 Å². The molecular formula is C9H10N2O5. The SMILES string of the molecule is N[C@@H](CC(=O)O)c1cc([N+](=O)[O-])ccc1O.